The molecule has 21 heavy (non-hydrogen) atoms. The van der Waals surface area contributed by atoms with Crippen LogP contribution in [0.25, 0.3) is 0 Å². The lowest BCUT2D eigenvalue weighted by molar-refractivity contribution is -0.0892. The first-order valence-corrected chi connectivity index (χ1v) is 8.83. The standard InChI is InChI=1S/C20H32O/c1-5-18(2)12-9-16-15(13-18)7-8-17-19(3,14-21)10-6-11-20(16,17)4/h5,13,16-17,21H,1,6-12,14H2,2-4H3/t16-,17?,18-,19-,20+/m0/s1. The summed E-state index contributed by atoms with van der Waals surface area (Å²) >= 11 is 0. The second kappa shape index (κ2) is 4.98. The summed E-state index contributed by atoms with van der Waals surface area (Å²) in [6, 6.07) is 0. The maximum atomic E-state index is 9.99. The van der Waals surface area contributed by atoms with Crippen molar-refractivity contribution < 1.29 is 5.11 Å². The van der Waals surface area contributed by atoms with Gasteiger partial charge in [-0.05, 0) is 61.2 Å². The summed E-state index contributed by atoms with van der Waals surface area (Å²) in [4.78, 5) is 0. The van der Waals surface area contributed by atoms with E-state index in [-0.39, 0.29) is 10.8 Å². The Labute approximate surface area is 130 Å². The molecule has 0 aromatic rings. The first-order valence-electron chi connectivity index (χ1n) is 8.83. The van der Waals surface area contributed by atoms with Gasteiger partial charge in [-0.25, -0.2) is 0 Å². The van der Waals surface area contributed by atoms with Crippen molar-refractivity contribution in [3.05, 3.63) is 24.3 Å². The molecule has 5 atom stereocenters. The van der Waals surface area contributed by atoms with Gasteiger partial charge in [0.2, 0.25) is 0 Å². The minimum atomic E-state index is 0.151. The number of hydrogen-bond acceptors (Lipinski definition) is 1. The molecule has 0 aromatic carbocycles. The molecule has 3 aliphatic carbocycles. The number of aliphatic hydroxyl groups excluding tert-OH is 1. The maximum absolute atomic E-state index is 9.99. The summed E-state index contributed by atoms with van der Waals surface area (Å²) in [5.41, 5.74) is 2.47. The van der Waals surface area contributed by atoms with Crippen molar-refractivity contribution in [2.45, 2.75) is 65.7 Å². The van der Waals surface area contributed by atoms with Crippen molar-refractivity contribution in [3.8, 4) is 0 Å². The smallest absolute Gasteiger partial charge is 0.0487 e. The molecule has 0 aliphatic heterocycles. The third-order valence-electron chi connectivity index (χ3n) is 7.38. The minimum Gasteiger partial charge on any atom is -0.396 e. The largest absolute Gasteiger partial charge is 0.396 e. The Bertz CT molecular complexity index is 464. The zero-order valence-electron chi connectivity index (χ0n) is 14.1. The molecule has 0 bridgehead atoms. The fourth-order valence-electron chi connectivity index (χ4n) is 6.01. The summed E-state index contributed by atoms with van der Waals surface area (Å²) in [7, 11) is 0. The lowest BCUT2D eigenvalue weighted by atomic mass is 9.45. The highest BCUT2D eigenvalue weighted by Gasteiger charge is 2.55. The molecular weight excluding hydrogens is 256 g/mol. The maximum Gasteiger partial charge on any atom is 0.0487 e. The topological polar surface area (TPSA) is 20.2 Å². The van der Waals surface area contributed by atoms with Crippen LogP contribution in [-0.4, -0.2) is 11.7 Å². The average Bonchev–Trinajstić information content (AvgIpc) is 2.46. The van der Waals surface area contributed by atoms with Gasteiger partial charge >= 0.3 is 0 Å². The van der Waals surface area contributed by atoms with E-state index in [1.54, 1.807) is 5.57 Å². The van der Waals surface area contributed by atoms with E-state index in [1.165, 1.54) is 44.9 Å². The first-order chi connectivity index (χ1) is 9.87. The lowest BCUT2D eigenvalue weighted by Gasteiger charge is -2.60. The number of fused-ring (bicyclic) bond motifs is 3. The molecule has 0 heterocycles. The van der Waals surface area contributed by atoms with Crippen molar-refractivity contribution in [1.29, 1.82) is 0 Å². The van der Waals surface area contributed by atoms with E-state index in [1.807, 2.05) is 0 Å². The summed E-state index contributed by atoms with van der Waals surface area (Å²) in [5.74, 6) is 1.44. The predicted molar refractivity (Wildman–Crippen MR) is 89.0 cm³/mol. The van der Waals surface area contributed by atoms with Crippen molar-refractivity contribution >= 4 is 0 Å². The Hall–Kier alpha value is -0.560. The van der Waals surface area contributed by atoms with Gasteiger partial charge in [0.25, 0.3) is 0 Å². The van der Waals surface area contributed by atoms with Gasteiger partial charge < -0.3 is 5.11 Å². The second-order valence-electron chi connectivity index (χ2n) is 8.78. The monoisotopic (exact) mass is 288 g/mol. The summed E-state index contributed by atoms with van der Waals surface area (Å²) in [6.45, 7) is 11.6. The Morgan fingerprint density at radius 1 is 1.24 bits per heavy atom. The van der Waals surface area contributed by atoms with E-state index < -0.39 is 0 Å². The molecule has 0 aromatic heterocycles. The molecule has 0 spiro atoms. The normalized spacial score (nSPS) is 49.8. The second-order valence-corrected chi connectivity index (χ2v) is 8.78. The Balaban J connectivity index is 1.96. The third kappa shape index (κ3) is 2.23. The molecule has 1 unspecified atom stereocenters. The molecule has 1 nitrogen and oxygen atoms in total. The van der Waals surface area contributed by atoms with E-state index in [2.05, 4.69) is 39.5 Å². The first kappa shape index (κ1) is 15.3. The molecule has 0 saturated heterocycles. The van der Waals surface area contributed by atoms with Gasteiger partial charge in [-0.2, -0.15) is 0 Å². The van der Waals surface area contributed by atoms with Gasteiger partial charge in [-0.1, -0.05) is 44.9 Å². The fourth-order valence-corrected chi connectivity index (χ4v) is 6.01. The van der Waals surface area contributed by atoms with Crippen molar-refractivity contribution in [3.63, 3.8) is 0 Å². The van der Waals surface area contributed by atoms with Gasteiger partial charge in [0.15, 0.2) is 0 Å². The van der Waals surface area contributed by atoms with E-state index in [0.717, 1.165) is 5.92 Å². The summed E-state index contributed by atoms with van der Waals surface area (Å²) in [6.07, 6.45) is 13.6. The number of rotatable bonds is 2. The summed E-state index contributed by atoms with van der Waals surface area (Å²) in [5, 5.41) is 9.99. The van der Waals surface area contributed by atoms with Gasteiger partial charge in [0.1, 0.15) is 0 Å². The van der Waals surface area contributed by atoms with Crippen LogP contribution >= 0.6 is 0 Å². The highest BCUT2D eigenvalue weighted by molar-refractivity contribution is 5.26. The molecule has 0 amide bonds. The molecule has 2 saturated carbocycles. The molecule has 118 valence electrons. The zero-order chi connectivity index (χ0) is 15.3. The van der Waals surface area contributed by atoms with E-state index >= 15 is 0 Å². The molecule has 1 heteroatoms. The van der Waals surface area contributed by atoms with Crippen LogP contribution in [0.4, 0.5) is 0 Å². The summed E-state index contributed by atoms with van der Waals surface area (Å²) < 4.78 is 0. The van der Waals surface area contributed by atoms with Gasteiger partial charge in [-0.3, -0.25) is 0 Å². The van der Waals surface area contributed by atoms with Crippen LogP contribution in [0.15, 0.2) is 24.3 Å². The van der Waals surface area contributed by atoms with E-state index in [9.17, 15) is 5.11 Å². The highest BCUT2D eigenvalue weighted by atomic mass is 16.3. The molecule has 2 fully saturated rings. The van der Waals surface area contributed by atoms with Crippen LogP contribution in [0.3, 0.4) is 0 Å². The number of allylic oxidation sites excluding steroid dienone is 3. The van der Waals surface area contributed by atoms with Gasteiger partial charge in [0.05, 0.1) is 0 Å². The molecular formula is C20H32O. The van der Waals surface area contributed by atoms with Crippen LogP contribution in [0, 0.1) is 28.1 Å². The van der Waals surface area contributed by atoms with E-state index in [0.29, 0.717) is 17.9 Å². The van der Waals surface area contributed by atoms with Crippen molar-refractivity contribution in [2.24, 2.45) is 28.1 Å². The van der Waals surface area contributed by atoms with Crippen LogP contribution in [0.5, 0.6) is 0 Å². The number of aliphatic hydroxyl groups is 1. The predicted octanol–water partition coefficient (Wildman–Crippen LogP) is 5.11. The zero-order valence-corrected chi connectivity index (χ0v) is 14.1. The van der Waals surface area contributed by atoms with Crippen LogP contribution in [0.1, 0.15) is 65.7 Å². The highest BCUT2D eigenvalue weighted by Crippen LogP contribution is 2.63. The lowest BCUT2D eigenvalue weighted by Crippen LogP contribution is -2.52. The third-order valence-corrected chi connectivity index (χ3v) is 7.38. The molecule has 1 N–H and O–H groups in total. The molecule has 0 radical (unpaired) electrons. The van der Waals surface area contributed by atoms with E-state index in [4.69, 9.17) is 0 Å². The Morgan fingerprint density at radius 2 is 2.00 bits per heavy atom. The van der Waals surface area contributed by atoms with Crippen molar-refractivity contribution in [1.82, 2.24) is 0 Å². The van der Waals surface area contributed by atoms with Crippen LogP contribution in [0.2, 0.25) is 0 Å². The number of hydrogen-bond donors (Lipinski definition) is 1. The molecule has 3 aliphatic rings. The Morgan fingerprint density at radius 3 is 2.67 bits per heavy atom. The fraction of sp³-hybridized carbons (Fsp3) is 0.800. The van der Waals surface area contributed by atoms with Gasteiger partial charge in [0, 0.05) is 12.0 Å². The SMILES string of the molecule is C=C[C@]1(C)C=C2CCC3[C@](C)(CO)CCC[C@]3(C)[C@H]2CC1. The Kier molecular flexibility index (Phi) is 3.64. The van der Waals surface area contributed by atoms with Crippen molar-refractivity contribution in [2.75, 3.05) is 6.61 Å². The average molecular weight is 288 g/mol. The van der Waals surface area contributed by atoms with Crippen LogP contribution in [-0.2, 0) is 0 Å². The minimum absolute atomic E-state index is 0.151. The van der Waals surface area contributed by atoms with Gasteiger partial charge in [-0.15, -0.1) is 6.58 Å². The van der Waals surface area contributed by atoms with Crippen LogP contribution < -0.4 is 0 Å². The quantitative estimate of drug-likeness (QED) is 0.700. The molecule has 3 rings (SSSR count).